The average Bonchev–Trinajstić information content (AvgIpc) is 3.33. The maximum atomic E-state index is 12.7. The van der Waals surface area contributed by atoms with Crippen LogP contribution in [0.2, 0.25) is 0 Å². The number of hydrogen-bond acceptors (Lipinski definition) is 7. The van der Waals surface area contributed by atoms with Crippen molar-refractivity contribution in [2.24, 2.45) is 0 Å². The summed E-state index contributed by atoms with van der Waals surface area (Å²) in [6.45, 7) is 3.33. The Hall–Kier alpha value is -2.97. The molecule has 0 amide bonds. The summed E-state index contributed by atoms with van der Waals surface area (Å²) < 4.78 is 5.42. The van der Waals surface area contributed by atoms with E-state index in [9.17, 15) is 14.7 Å². The normalized spacial score (nSPS) is 12.2. The maximum absolute atomic E-state index is 12.7. The molecule has 0 fully saturated rings. The monoisotopic (exact) mass is 412 g/mol. The van der Waals surface area contributed by atoms with Crippen LogP contribution in [0.3, 0.4) is 0 Å². The Labute approximate surface area is 168 Å². The number of aromatic hydroxyl groups is 1. The second kappa shape index (κ2) is 7.21. The van der Waals surface area contributed by atoms with Crippen molar-refractivity contribution in [2.75, 3.05) is 0 Å². The first-order chi connectivity index (χ1) is 13.5. The molecule has 1 atom stereocenters. The van der Waals surface area contributed by atoms with Crippen molar-refractivity contribution in [1.82, 2.24) is 9.97 Å². The van der Waals surface area contributed by atoms with Crippen LogP contribution in [-0.2, 0) is 4.74 Å². The van der Waals surface area contributed by atoms with Crippen LogP contribution in [0, 0.1) is 6.92 Å². The number of carbonyl (C=O) groups is 1. The lowest BCUT2D eigenvalue weighted by atomic mass is 10.1. The van der Waals surface area contributed by atoms with Gasteiger partial charge < -0.3 is 14.8 Å². The van der Waals surface area contributed by atoms with Gasteiger partial charge in [-0.15, -0.1) is 22.7 Å². The molecule has 8 heteroatoms. The van der Waals surface area contributed by atoms with E-state index < -0.39 is 12.1 Å². The number of H-pyrrole nitrogens is 1. The van der Waals surface area contributed by atoms with Crippen LogP contribution in [0.25, 0.3) is 20.7 Å². The van der Waals surface area contributed by atoms with Crippen LogP contribution in [0.4, 0.5) is 0 Å². The van der Waals surface area contributed by atoms with Gasteiger partial charge in [0.05, 0.1) is 5.39 Å². The van der Waals surface area contributed by atoms with Crippen LogP contribution in [0.1, 0.15) is 34.8 Å². The van der Waals surface area contributed by atoms with Gasteiger partial charge in [0, 0.05) is 15.8 Å². The maximum Gasteiger partial charge on any atom is 0.342 e. The summed E-state index contributed by atoms with van der Waals surface area (Å²) in [5, 5.41) is 14.5. The largest absolute Gasteiger partial charge is 0.507 e. The number of benzene rings is 1. The lowest BCUT2D eigenvalue weighted by molar-refractivity contribution is 0.0316. The molecular formula is C20H16N2O4S2. The number of fused-ring (bicyclic) bond motifs is 1. The van der Waals surface area contributed by atoms with Crippen LogP contribution in [0.15, 0.2) is 45.9 Å². The molecule has 0 aliphatic carbocycles. The van der Waals surface area contributed by atoms with E-state index in [1.807, 2.05) is 22.9 Å². The summed E-state index contributed by atoms with van der Waals surface area (Å²) in [4.78, 5) is 33.9. The zero-order valence-corrected chi connectivity index (χ0v) is 16.7. The minimum atomic E-state index is -0.781. The fourth-order valence-electron chi connectivity index (χ4n) is 2.87. The van der Waals surface area contributed by atoms with Gasteiger partial charge in [0.15, 0.2) is 11.9 Å². The Morgan fingerprint density at radius 2 is 2.07 bits per heavy atom. The highest BCUT2D eigenvalue weighted by Gasteiger charge is 2.21. The summed E-state index contributed by atoms with van der Waals surface area (Å²) in [6.07, 6.45) is -0.781. The van der Waals surface area contributed by atoms with Crippen molar-refractivity contribution in [2.45, 2.75) is 20.0 Å². The zero-order chi connectivity index (χ0) is 19.8. The standard InChI is InChI=1S/C20H16N2O4S2/c1-10-5-3-6-12(16(10)23)20(25)26-11(2)17-21-18(24)15-13(9-28-19(15)22-17)14-7-4-8-27-14/h3-9,11,23H,1-2H3,(H,21,22,24)/t11-/m1/s1. The van der Waals surface area contributed by atoms with Crippen molar-refractivity contribution in [1.29, 1.82) is 0 Å². The highest BCUT2D eigenvalue weighted by molar-refractivity contribution is 7.18. The molecule has 2 N–H and O–H groups in total. The molecule has 0 spiro atoms. The molecular weight excluding hydrogens is 396 g/mol. The van der Waals surface area contributed by atoms with Crippen molar-refractivity contribution in [3.63, 3.8) is 0 Å². The van der Waals surface area contributed by atoms with E-state index in [2.05, 4.69) is 9.97 Å². The number of para-hydroxylation sites is 1. The van der Waals surface area contributed by atoms with Crippen molar-refractivity contribution >= 4 is 38.9 Å². The number of aryl methyl sites for hydroxylation is 1. The Morgan fingerprint density at radius 3 is 2.82 bits per heavy atom. The highest BCUT2D eigenvalue weighted by Crippen LogP contribution is 2.34. The summed E-state index contributed by atoms with van der Waals surface area (Å²) in [6, 6.07) is 8.74. The minimum absolute atomic E-state index is 0.0754. The Bertz CT molecular complexity index is 1220. The minimum Gasteiger partial charge on any atom is -0.507 e. The van der Waals surface area contributed by atoms with E-state index >= 15 is 0 Å². The van der Waals surface area contributed by atoms with Gasteiger partial charge in [0.25, 0.3) is 5.56 Å². The summed E-state index contributed by atoms with van der Waals surface area (Å²) in [7, 11) is 0. The quantitative estimate of drug-likeness (QED) is 0.476. The van der Waals surface area contributed by atoms with Crippen molar-refractivity contribution < 1.29 is 14.6 Å². The fourth-order valence-corrected chi connectivity index (χ4v) is 4.64. The first kappa shape index (κ1) is 18.4. The van der Waals surface area contributed by atoms with Gasteiger partial charge in [-0.05, 0) is 36.9 Å². The molecule has 1 aromatic carbocycles. The van der Waals surface area contributed by atoms with Gasteiger partial charge in [0.2, 0.25) is 0 Å². The number of esters is 1. The number of phenols is 1. The molecule has 0 radical (unpaired) electrons. The molecule has 142 valence electrons. The van der Waals surface area contributed by atoms with Crippen LogP contribution < -0.4 is 5.56 Å². The molecule has 6 nitrogen and oxygen atoms in total. The second-order valence-corrected chi connectivity index (χ2v) is 8.08. The summed E-state index contributed by atoms with van der Waals surface area (Å²) in [5.41, 5.74) is 1.23. The Balaban J connectivity index is 1.65. The number of rotatable bonds is 4. The molecule has 28 heavy (non-hydrogen) atoms. The predicted octanol–water partition coefficient (Wildman–Crippen LogP) is 4.65. The SMILES string of the molecule is Cc1cccc(C(=O)O[C@H](C)c2nc3scc(-c4cccs4)c3c(=O)[nH]2)c1O. The number of ether oxygens (including phenoxy) is 1. The van der Waals surface area contributed by atoms with Gasteiger partial charge >= 0.3 is 5.97 Å². The molecule has 0 saturated heterocycles. The zero-order valence-electron chi connectivity index (χ0n) is 15.1. The number of carbonyl (C=O) groups excluding carboxylic acids is 1. The number of nitrogens with one attached hydrogen (secondary N) is 1. The second-order valence-electron chi connectivity index (χ2n) is 6.28. The predicted molar refractivity (Wildman–Crippen MR) is 110 cm³/mol. The number of hydrogen-bond donors (Lipinski definition) is 2. The van der Waals surface area contributed by atoms with Crippen molar-refractivity contribution in [3.8, 4) is 16.2 Å². The molecule has 0 aliphatic rings. The van der Waals surface area contributed by atoms with Gasteiger partial charge in [-0.25, -0.2) is 9.78 Å². The van der Waals surface area contributed by atoms with Crippen LogP contribution in [0.5, 0.6) is 5.75 Å². The fraction of sp³-hybridized carbons (Fsp3) is 0.150. The molecule has 0 unspecified atom stereocenters. The van der Waals surface area contributed by atoms with Gasteiger partial charge in [-0.2, -0.15) is 0 Å². The van der Waals surface area contributed by atoms with Gasteiger partial charge in [-0.1, -0.05) is 18.2 Å². The van der Waals surface area contributed by atoms with E-state index in [4.69, 9.17) is 4.74 Å². The first-order valence-electron chi connectivity index (χ1n) is 8.50. The third-order valence-corrected chi connectivity index (χ3v) is 6.15. The topological polar surface area (TPSA) is 92.3 Å². The Morgan fingerprint density at radius 1 is 1.25 bits per heavy atom. The van der Waals surface area contributed by atoms with Crippen LogP contribution in [-0.4, -0.2) is 21.0 Å². The van der Waals surface area contributed by atoms with Gasteiger partial charge in [0.1, 0.15) is 16.1 Å². The first-order valence-corrected chi connectivity index (χ1v) is 10.3. The molecule has 3 aromatic heterocycles. The van der Waals surface area contributed by atoms with Crippen molar-refractivity contribution in [3.05, 3.63) is 68.4 Å². The lowest BCUT2D eigenvalue weighted by Crippen LogP contribution is -2.17. The number of phenolic OH excluding ortho intramolecular Hbond substituents is 1. The molecule has 0 saturated carbocycles. The van der Waals surface area contributed by atoms with Crippen LogP contribution >= 0.6 is 22.7 Å². The molecule has 0 bridgehead atoms. The molecule has 0 aliphatic heterocycles. The van der Waals surface area contributed by atoms with E-state index in [0.717, 1.165) is 10.4 Å². The molecule has 4 aromatic rings. The third kappa shape index (κ3) is 3.21. The van der Waals surface area contributed by atoms with E-state index in [1.165, 1.54) is 17.4 Å². The lowest BCUT2D eigenvalue weighted by Gasteiger charge is -2.13. The van der Waals surface area contributed by atoms with E-state index in [1.54, 1.807) is 37.3 Å². The average molecular weight is 412 g/mol. The number of aromatic nitrogens is 2. The number of nitrogens with zero attached hydrogens (tertiary/aromatic N) is 1. The number of aromatic amines is 1. The Kier molecular flexibility index (Phi) is 4.74. The highest BCUT2D eigenvalue weighted by atomic mass is 32.1. The van der Waals surface area contributed by atoms with E-state index in [-0.39, 0.29) is 22.7 Å². The summed E-state index contributed by atoms with van der Waals surface area (Å²) >= 11 is 2.93. The smallest absolute Gasteiger partial charge is 0.342 e. The third-order valence-electron chi connectivity index (χ3n) is 4.38. The summed E-state index contributed by atoms with van der Waals surface area (Å²) in [5.74, 6) is -0.532. The molecule has 3 heterocycles. The molecule has 4 rings (SSSR count). The van der Waals surface area contributed by atoms with E-state index in [0.29, 0.717) is 15.8 Å². The number of thiophene rings is 2. The van der Waals surface area contributed by atoms with Gasteiger partial charge in [-0.3, -0.25) is 4.79 Å².